The minimum Gasteiger partial charge on any atom is -0.352 e. The third-order valence-electron chi connectivity index (χ3n) is 2.31. The molecule has 17 heavy (non-hydrogen) atoms. The van der Waals surface area contributed by atoms with Crippen LogP contribution >= 0.6 is 0 Å². The monoisotopic (exact) mass is 237 g/mol. The molecule has 0 aliphatic heterocycles. The molecule has 0 bridgehead atoms. The third kappa shape index (κ3) is 3.13. The van der Waals surface area contributed by atoms with Crippen LogP contribution in [0.1, 0.15) is 13.3 Å². The van der Waals surface area contributed by atoms with Crippen molar-refractivity contribution in [3.63, 3.8) is 0 Å². The fourth-order valence-corrected chi connectivity index (χ4v) is 1.50. The van der Waals surface area contributed by atoms with Gasteiger partial charge in [0.25, 0.3) is 0 Å². The lowest BCUT2D eigenvalue weighted by molar-refractivity contribution is 0.614. The molecule has 2 heterocycles. The lowest BCUT2D eigenvalue weighted by Gasteiger charge is -2.02. The molecule has 6 heteroatoms. The summed E-state index contributed by atoms with van der Waals surface area (Å²) in [7, 11) is 0. The van der Waals surface area contributed by atoms with Gasteiger partial charge in [0, 0.05) is 13.1 Å². The minimum atomic E-state index is -0.321. The number of nitrogens with zero attached hydrogens (tertiary/aromatic N) is 3. The van der Waals surface area contributed by atoms with E-state index in [-0.39, 0.29) is 5.82 Å². The number of aromatic nitrogens is 3. The molecule has 0 saturated carbocycles. The largest absolute Gasteiger partial charge is 0.352 e. The van der Waals surface area contributed by atoms with Gasteiger partial charge in [0.1, 0.15) is 5.82 Å². The van der Waals surface area contributed by atoms with Gasteiger partial charge in [-0.2, -0.15) is 4.98 Å². The number of halogens is 1. The summed E-state index contributed by atoms with van der Waals surface area (Å²) in [5.74, 6) is 0.201. The maximum Gasteiger partial charge on any atom is 0.243 e. The van der Waals surface area contributed by atoms with Crippen molar-refractivity contribution in [2.45, 2.75) is 13.3 Å². The lowest BCUT2D eigenvalue weighted by Crippen LogP contribution is -2.23. The fraction of sp³-hybridized carbons (Fsp3) is 0.455. The molecule has 0 aromatic carbocycles. The molecular weight excluding hydrogens is 221 g/mol. The van der Waals surface area contributed by atoms with Gasteiger partial charge < -0.3 is 10.6 Å². The maximum absolute atomic E-state index is 12.9. The normalized spacial score (nSPS) is 10.9. The molecule has 0 atom stereocenters. The molecule has 0 aliphatic carbocycles. The third-order valence-corrected chi connectivity index (χ3v) is 2.31. The van der Waals surface area contributed by atoms with Crippen LogP contribution in [0.25, 0.3) is 5.65 Å². The van der Waals surface area contributed by atoms with E-state index in [2.05, 4.69) is 27.6 Å². The van der Waals surface area contributed by atoms with Crippen LogP contribution in [-0.4, -0.2) is 34.2 Å². The summed E-state index contributed by atoms with van der Waals surface area (Å²) in [5.41, 5.74) is 0.635. The van der Waals surface area contributed by atoms with E-state index in [0.29, 0.717) is 11.6 Å². The molecule has 2 aromatic heterocycles. The zero-order valence-corrected chi connectivity index (χ0v) is 9.78. The average molecular weight is 237 g/mol. The second kappa shape index (κ2) is 5.58. The molecule has 0 saturated heterocycles. The number of anilines is 1. The van der Waals surface area contributed by atoms with Crippen molar-refractivity contribution in [3.8, 4) is 0 Å². The van der Waals surface area contributed by atoms with Gasteiger partial charge in [0.15, 0.2) is 5.65 Å². The van der Waals surface area contributed by atoms with Crippen molar-refractivity contribution < 1.29 is 4.39 Å². The molecule has 0 radical (unpaired) electrons. The zero-order chi connectivity index (χ0) is 12.1. The Morgan fingerprint density at radius 2 is 2.18 bits per heavy atom. The molecular formula is C11H16FN5. The first-order valence-corrected chi connectivity index (χ1v) is 5.76. The summed E-state index contributed by atoms with van der Waals surface area (Å²) in [6.07, 6.45) is 2.43. The maximum atomic E-state index is 12.9. The van der Waals surface area contributed by atoms with Crippen molar-refractivity contribution >= 4 is 11.6 Å². The number of rotatable bonds is 6. The Balaban J connectivity index is 1.91. The minimum absolute atomic E-state index is 0.321. The second-order valence-electron chi connectivity index (χ2n) is 3.76. The number of pyridine rings is 1. The molecule has 0 spiro atoms. The van der Waals surface area contributed by atoms with Crippen LogP contribution in [0.2, 0.25) is 0 Å². The highest BCUT2D eigenvalue weighted by Crippen LogP contribution is 2.06. The van der Waals surface area contributed by atoms with Crippen LogP contribution in [0.4, 0.5) is 10.3 Å². The zero-order valence-electron chi connectivity index (χ0n) is 9.78. The molecule has 0 fully saturated rings. The average Bonchev–Trinajstić information content (AvgIpc) is 2.70. The summed E-state index contributed by atoms with van der Waals surface area (Å²) in [6, 6.07) is 2.97. The predicted octanol–water partition coefficient (Wildman–Crippen LogP) is 1.28. The Morgan fingerprint density at radius 3 is 3.00 bits per heavy atom. The fourth-order valence-electron chi connectivity index (χ4n) is 1.50. The highest BCUT2D eigenvalue weighted by Gasteiger charge is 2.02. The van der Waals surface area contributed by atoms with Gasteiger partial charge in [-0.25, -0.2) is 8.91 Å². The van der Waals surface area contributed by atoms with Crippen molar-refractivity contribution in [3.05, 3.63) is 24.1 Å². The number of nitrogens with one attached hydrogen (secondary N) is 2. The molecule has 2 N–H and O–H groups in total. The highest BCUT2D eigenvalue weighted by atomic mass is 19.1. The molecule has 0 unspecified atom stereocenters. The molecule has 2 rings (SSSR count). The van der Waals surface area contributed by atoms with E-state index in [1.165, 1.54) is 16.8 Å². The Morgan fingerprint density at radius 1 is 1.29 bits per heavy atom. The summed E-state index contributed by atoms with van der Waals surface area (Å²) in [6.45, 7) is 4.74. The van der Waals surface area contributed by atoms with Crippen LogP contribution in [-0.2, 0) is 0 Å². The molecule has 5 nitrogen and oxygen atoms in total. The molecule has 0 amide bonds. The predicted molar refractivity (Wildman–Crippen MR) is 64.6 cm³/mol. The van der Waals surface area contributed by atoms with E-state index in [4.69, 9.17) is 0 Å². The van der Waals surface area contributed by atoms with E-state index < -0.39 is 0 Å². The van der Waals surface area contributed by atoms with Gasteiger partial charge in [-0.3, -0.25) is 0 Å². The highest BCUT2D eigenvalue weighted by molar-refractivity contribution is 5.42. The van der Waals surface area contributed by atoms with E-state index >= 15 is 0 Å². The number of hydrogen-bond donors (Lipinski definition) is 2. The Labute approximate surface area is 99.0 Å². The van der Waals surface area contributed by atoms with Crippen molar-refractivity contribution in [1.29, 1.82) is 0 Å². The van der Waals surface area contributed by atoms with E-state index in [1.54, 1.807) is 6.07 Å². The van der Waals surface area contributed by atoms with Crippen LogP contribution < -0.4 is 10.6 Å². The first kappa shape index (κ1) is 11.8. The van der Waals surface area contributed by atoms with Gasteiger partial charge in [0.05, 0.1) is 6.20 Å². The Kier molecular flexibility index (Phi) is 3.87. The Bertz CT molecular complexity index is 482. The first-order chi connectivity index (χ1) is 8.29. The smallest absolute Gasteiger partial charge is 0.243 e. The number of fused-ring (bicyclic) bond motifs is 1. The van der Waals surface area contributed by atoms with Crippen molar-refractivity contribution in [1.82, 2.24) is 19.9 Å². The van der Waals surface area contributed by atoms with Crippen LogP contribution in [0.15, 0.2) is 18.3 Å². The van der Waals surface area contributed by atoms with Gasteiger partial charge in [-0.05, 0) is 25.1 Å². The number of hydrogen-bond acceptors (Lipinski definition) is 4. The van der Waals surface area contributed by atoms with Gasteiger partial charge in [0.2, 0.25) is 5.95 Å². The standard InChI is InChI=1S/C11H16FN5/c1-2-5-13-6-7-14-11-15-10-4-3-9(12)8-17(10)16-11/h3-4,8,13H,2,5-7H2,1H3,(H,14,16). The summed E-state index contributed by atoms with van der Waals surface area (Å²) < 4.78 is 14.3. The van der Waals surface area contributed by atoms with Crippen molar-refractivity contribution in [2.24, 2.45) is 0 Å². The van der Waals surface area contributed by atoms with Gasteiger partial charge in [-0.1, -0.05) is 6.92 Å². The van der Waals surface area contributed by atoms with Crippen LogP contribution in [0, 0.1) is 5.82 Å². The molecule has 0 aliphatic rings. The van der Waals surface area contributed by atoms with Crippen LogP contribution in [0.3, 0.4) is 0 Å². The molecule has 92 valence electrons. The van der Waals surface area contributed by atoms with Gasteiger partial charge in [-0.15, -0.1) is 5.10 Å². The molecule has 2 aromatic rings. The Hall–Kier alpha value is -1.69. The van der Waals surface area contributed by atoms with Gasteiger partial charge >= 0.3 is 0 Å². The van der Waals surface area contributed by atoms with Crippen LogP contribution in [0.5, 0.6) is 0 Å². The quantitative estimate of drug-likeness (QED) is 0.743. The van der Waals surface area contributed by atoms with Crippen molar-refractivity contribution in [2.75, 3.05) is 25.0 Å². The SMILES string of the molecule is CCCNCCNc1nc2ccc(F)cn2n1. The van der Waals surface area contributed by atoms with E-state index in [0.717, 1.165) is 26.1 Å². The van der Waals surface area contributed by atoms with E-state index in [9.17, 15) is 4.39 Å². The summed E-state index contributed by atoms with van der Waals surface area (Å²) in [5, 5.41) is 10.5. The summed E-state index contributed by atoms with van der Waals surface area (Å²) in [4.78, 5) is 4.22. The van der Waals surface area contributed by atoms with E-state index in [1.807, 2.05) is 0 Å². The summed E-state index contributed by atoms with van der Waals surface area (Å²) >= 11 is 0. The topological polar surface area (TPSA) is 54.2 Å². The lowest BCUT2D eigenvalue weighted by atomic mass is 10.5. The first-order valence-electron chi connectivity index (χ1n) is 5.76. The second-order valence-corrected chi connectivity index (χ2v) is 3.76.